The average molecular weight is 234 g/mol. The van der Waals surface area contributed by atoms with Crippen molar-refractivity contribution in [1.29, 1.82) is 0 Å². The lowest BCUT2D eigenvalue weighted by Gasteiger charge is -2.18. The monoisotopic (exact) mass is 234 g/mol. The van der Waals surface area contributed by atoms with E-state index in [1.807, 2.05) is 37.3 Å². The Labute approximate surface area is 102 Å². The number of hydrogen-bond donors (Lipinski definition) is 0. The van der Waals surface area contributed by atoms with E-state index in [1.54, 1.807) is 6.08 Å². The summed E-state index contributed by atoms with van der Waals surface area (Å²) in [6.07, 6.45) is 1.85. The molecule has 0 radical (unpaired) electrons. The van der Waals surface area contributed by atoms with Crippen molar-refractivity contribution in [3.05, 3.63) is 43.0 Å². The van der Waals surface area contributed by atoms with Crippen molar-refractivity contribution in [3.8, 4) is 5.75 Å². The molecule has 1 unspecified atom stereocenters. The molecule has 0 bridgehead atoms. The van der Waals surface area contributed by atoms with Gasteiger partial charge in [0.1, 0.15) is 11.5 Å². The third-order valence-corrected chi connectivity index (χ3v) is 2.20. The van der Waals surface area contributed by atoms with E-state index < -0.39 is 6.29 Å². The first kappa shape index (κ1) is 13.5. The van der Waals surface area contributed by atoms with E-state index in [0.717, 1.165) is 0 Å². The first-order valence-corrected chi connectivity index (χ1v) is 5.72. The molecule has 1 atom stereocenters. The number of hydrogen-bond acceptors (Lipinski definition) is 3. The third kappa shape index (κ3) is 5.31. The van der Waals surface area contributed by atoms with E-state index >= 15 is 0 Å². The molecule has 1 rings (SSSR count). The molecule has 3 nitrogen and oxygen atoms in total. The van der Waals surface area contributed by atoms with Gasteiger partial charge in [0.25, 0.3) is 0 Å². The van der Waals surface area contributed by atoms with Gasteiger partial charge in [0, 0.05) is 6.42 Å². The van der Waals surface area contributed by atoms with Crippen LogP contribution in [-0.2, 0) is 9.53 Å². The predicted molar refractivity (Wildman–Crippen MR) is 66.9 cm³/mol. The van der Waals surface area contributed by atoms with Crippen molar-refractivity contribution >= 4 is 5.78 Å². The number of rotatable bonds is 8. The van der Waals surface area contributed by atoms with E-state index in [0.29, 0.717) is 18.8 Å². The van der Waals surface area contributed by atoms with E-state index in [1.165, 1.54) is 0 Å². The maximum atomic E-state index is 11.4. The molecule has 0 amide bonds. The second-order valence-electron chi connectivity index (χ2n) is 3.58. The molecule has 1 aromatic carbocycles. The quantitative estimate of drug-likeness (QED) is 0.512. The fraction of sp³-hybridized carbons (Fsp3) is 0.357. The summed E-state index contributed by atoms with van der Waals surface area (Å²) in [6.45, 7) is 5.77. The lowest BCUT2D eigenvalue weighted by Crippen LogP contribution is -2.24. The highest BCUT2D eigenvalue weighted by molar-refractivity contribution is 5.78. The summed E-state index contributed by atoms with van der Waals surface area (Å²) in [5.41, 5.74) is 0. The molecule has 0 saturated carbocycles. The normalized spacial score (nSPS) is 11.8. The van der Waals surface area contributed by atoms with Crippen LogP contribution in [0.5, 0.6) is 5.75 Å². The Kier molecular flexibility index (Phi) is 6.04. The van der Waals surface area contributed by atoms with Crippen molar-refractivity contribution < 1.29 is 14.3 Å². The molecular weight excluding hydrogens is 216 g/mol. The summed E-state index contributed by atoms with van der Waals surface area (Å²) >= 11 is 0. The SMILES string of the molecule is C=CCOC(CC(=O)CC)Oc1ccccc1. The number of para-hydroxylation sites is 1. The van der Waals surface area contributed by atoms with Crippen LogP contribution in [-0.4, -0.2) is 18.7 Å². The zero-order valence-electron chi connectivity index (χ0n) is 10.1. The summed E-state index contributed by atoms with van der Waals surface area (Å²) in [6, 6.07) is 9.33. The number of benzene rings is 1. The van der Waals surface area contributed by atoms with Gasteiger partial charge < -0.3 is 9.47 Å². The lowest BCUT2D eigenvalue weighted by molar-refractivity contribution is -0.129. The van der Waals surface area contributed by atoms with Crippen LogP contribution in [0.15, 0.2) is 43.0 Å². The van der Waals surface area contributed by atoms with Crippen LogP contribution in [0.4, 0.5) is 0 Å². The molecule has 0 aromatic heterocycles. The molecular formula is C14H18O3. The Morgan fingerprint density at radius 1 is 1.41 bits per heavy atom. The van der Waals surface area contributed by atoms with Crippen molar-refractivity contribution in [2.75, 3.05) is 6.61 Å². The molecule has 0 fully saturated rings. The van der Waals surface area contributed by atoms with E-state index in [9.17, 15) is 4.79 Å². The van der Waals surface area contributed by atoms with Crippen molar-refractivity contribution in [2.45, 2.75) is 26.1 Å². The molecule has 0 spiro atoms. The molecule has 0 heterocycles. The minimum absolute atomic E-state index is 0.120. The van der Waals surface area contributed by atoms with Crippen LogP contribution < -0.4 is 4.74 Å². The van der Waals surface area contributed by atoms with Crippen LogP contribution in [0.3, 0.4) is 0 Å². The van der Waals surface area contributed by atoms with Gasteiger partial charge in [-0.15, -0.1) is 6.58 Å². The number of carbonyl (C=O) groups excluding carboxylic acids is 1. The molecule has 0 N–H and O–H groups in total. The zero-order valence-corrected chi connectivity index (χ0v) is 10.1. The van der Waals surface area contributed by atoms with E-state index in [4.69, 9.17) is 9.47 Å². The smallest absolute Gasteiger partial charge is 0.207 e. The number of ether oxygens (including phenoxy) is 2. The lowest BCUT2D eigenvalue weighted by atomic mass is 10.2. The van der Waals surface area contributed by atoms with Gasteiger partial charge in [0.15, 0.2) is 0 Å². The van der Waals surface area contributed by atoms with Crippen LogP contribution in [0, 0.1) is 0 Å². The third-order valence-electron chi connectivity index (χ3n) is 2.20. The predicted octanol–water partition coefficient (Wildman–Crippen LogP) is 2.96. The zero-order chi connectivity index (χ0) is 12.5. The maximum Gasteiger partial charge on any atom is 0.207 e. The highest BCUT2D eigenvalue weighted by Gasteiger charge is 2.14. The molecule has 17 heavy (non-hydrogen) atoms. The topological polar surface area (TPSA) is 35.5 Å². The van der Waals surface area contributed by atoms with E-state index in [-0.39, 0.29) is 12.2 Å². The Balaban J connectivity index is 2.56. The van der Waals surface area contributed by atoms with Gasteiger partial charge >= 0.3 is 0 Å². The van der Waals surface area contributed by atoms with Crippen molar-refractivity contribution in [2.24, 2.45) is 0 Å². The van der Waals surface area contributed by atoms with Gasteiger partial charge in [0.05, 0.1) is 13.0 Å². The van der Waals surface area contributed by atoms with Crippen molar-refractivity contribution in [1.82, 2.24) is 0 Å². The summed E-state index contributed by atoms with van der Waals surface area (Å²) in [5.74, 6) is 0.820. The Hall–Kier alpha value is -1.61. The number of carbonyl (C=O) groups is 1. The van der Waals surface area contributed by atoms with Gasteiger partial charge in [-0.2, -0.15) is 0 Å². The fourth-order valence-corrected chi connectivity index (χ4v) is 1.29. The standard InChI is InChI=1S/C14H18O3/c1-3-10-16-14(11-12(15)4-2)17-13-8-6-5-7-9-13/h3,5-9,14H,1,4,10-11H2,2H3. The Morgan fingerprint density at radius 2 is 2.12 bits per heavy atom. The first-order chi connectivity index (χ1) is 8.26. The Morgan fingerprint density at radius 3 is 2.71 bits per heavy atom. The van der Waals surface area contributed by atoms with Gasteiger partial charge in [-0.05, 0) is 12.1 Å². The Bertz CT molecular complexity index is 346. The summed E-state index contributed by atoms with van der Waals surface area (Å²) < 4.78 is 11.0. The minimum atomic E-state index is -0.539. The summed E-state index contributed by atoms with van der Waals surface area (Å²) in [7, 11) is 0. The molecule has 3 heteroatoms. The first-order valence-electron chi connectivity index (χ1n) is 5.72. The highest BCUT2D eigenvalue weighted by Crippen LogP contribution is 2.14. The number of Topliss-reactive ketones (excluding diaryl/α,β-unsaturated/α-hetero) is 1. The average Bonchev–Trinajstić information content (AvgIpc) is 2.37. The molecule has 0 aliphatic carbocycles. The van der Waals surface area contributed by atoms with Crippen LogP contribution in [0.2, 0.25) is 0 Å². The van der Waals surface area contributed by atoms with Gasteiger partial charge in [-0.1, -0.05) is 31.2 Å². The fourth-order valence-electron chi connectivity index (χ4n) is 1.29. The molecule has 92 valence electrons. The maximum absolute atomic E-state index is 11.4. The van der Waals surface area contributed by atoms with Gasteiger partial charge in [0.2, 0.25) is 6.29 Å². The molecule has 0 aliphatic rings. The molecule has 1 aromatic rings. The largest absolute Gasteiger partial charge is 0.464 e. The molecule has 0 saturated heterocycles. The van der Waals surface area contributed by atoms with Crippen molar-refractivity contribution in [3.63, 3.8) is 0 Å². The van der Waals surface area contributed by atoms with Crippen LogP contribution in [0.25, 0.3) is 0 Å². The van der Waals surface area contributed by atoms with Gasteiger partial charge in [-0.3, -0.25) is 4.79 Å². The van der Waals surface area contributed by atoms with Gasteiger partial charge in [-0.25, -0.2) is 0 Å². The summed E-state index contributed by atoms with van der Waals surface area (Å²) in [4.78, 5) is 11.4. The van der Waals surface area contributed by atoms with Crippen LogP contribution >= 0.6 is 0 Å². The summed E-state index contributed by atoms with van der Waals surface area (Å²) in [5, 5.41) is 0. The number of ketones is 1. The second kappa shape index (κ2) is 7.63. The second-order valence-corrected chi connectivity index (χ2v) is 3.58. The van der Waals surface area contributed by atoms with Crippen LogP contribution in [0.1, 0.15) is 19.8 Å². The van der Waals surface area contributed by atoms with E-state index in [2.05, 4.69) is 6.58 Å². The highest BCUT2D eigenvalue weighted by atomic mass is 16.7. The minimum Gasteiger partial charge on any atom is -0.464 e. The molecule has 0 aliphatic heterocycles.